The largest absolute Gasteiger partial charge is 0.484 e. The van der Waals surface area contributed by atoms with Gasteiger partial charge >= 0.3 is 0 Å². The second-order valence-electron chi connectivity index (χ2n) is 3.09. The predicted octanol–water partition coefficient (Wildman–Crippen LogP) is 1.93. The lowest BCUT2D eigenvalue weighted by Gasteiger charge is -2.27. The molecule has 0 saturated carbocycles. The zero-order chi connectivity index (χ0) is 9.97. The molecule has 0 unspecified atom stereocenters. The van der Waals surface area contributed by atoms with E-state index in [9.17, 15) is 4.79 Å². The van der Waals surface area contributed by atoms with Crippen LogP contribution in [0, 0.1) is 0 Å². The highest BCUT2D eigenvalue weighted by molar-refractivity contribution is 6.32. The molecule has 0 amide bonds. The van der Waals surface area contributed by atoms with Crippen LogP contribution in [0.15, 0.2) is 18.2 Å². The highest BCUT2D eigenvalue weighted by Crippen LogP contribution is 2.27. The number of ether oxygens (including phenoxy) is 2. The number of halogens is 1. The molecule has 74 valence electrons. The average molecular weight is 213 g/mol. The number of hydrogen-bond acceptors (Lipinski definition) is 3. The first-order valence-corrected chi connectivity index (χ1v) is 4.66. The molecule has 1 fully saturated rings. The molecular formula is C10H9ClO3. The van der Waals surface area contributed by atoms with Gasteiger partial charge in [0.05, 0.1) is 18.2 Å². The Labute approximate surface area is 86.6 Å². The van der Waals surface area contributed by atoms with Gasteiger partial charge in [0.2, 0.25) is 0 Å². The Morgan fingerprint density at radius 1 is 1.50 bits per heavy atom. The molecule has 1 aromatic rings. The van der Waals surface area contributed by atoms with Crippen LogP contribution in [-0.4, -0.2) is 25.6 Å². The molecule has 2 rings (SSSR count). The third-order valence-corrected chi connectivity index (χ3v) is 2.29. The summed E-state index contributed by atoms with van der Waals surface area (Å²) in [4.78, 5) is 10.4. The van der Waals surface area contributed by atoms with Crippen LogP contribution in [0.25, 0.3) is 0 Å². The maximum atomic E-state index is 10.4. The van der Waals surface area contributed by atoms with Gasteiger partial charge in [0, 0.05) is 5.56 Å². The van der Waals surface area contributed by atoms with Crippen molar-refractivity contribution in [2.75, 3.05) is 13.2 Å². The van der Waals surface area contributed by atoms with Crippen LogP contribution in [0.3, 0.4) is 0 Å². The fraction of sp³-hybridized carbons (Fsp3) is 0.300. The van der Waals surface area contributed by atoms with E-state index in [1.54, 1.807) is 18.2 Å². The van der Waals surface area contributed by atoms with Gasteiger partial charge in [0.15, 0.2) is 0 Å². The monoisotopic (exact) mass is 212 g/mol. The molecule has 0 aliphatic carbocycles. The Hall–Kier alpha value is -1.06. The van der Waals surface area contributed by atoms with Crippen molar-refractivity contribution in [1.29, 1.82) is 0 Å². The van der Waals surface area contributed by atoms with Crippen LogP contribution in [-0.2, 0) is 4.74 Å². The van der Waals surface area contributed by atoms with Crippen LogP contribution >= 0.6 is 11.6 Å². The minimum absolute atomic E-state index is 0.0922. The summed E-state index contributed by atoms with van der Waals surface area (Å²) in [6.45, 7) is 1.21. The first kappa shape index (κ1) is 9.49. The second kappa shape index (κ2) is 3.98. The third kappa shape index (κ3) is 1.89. The Morgan fingerprint density at radius 3 is 2.79 bits per heavy atom. The molecule has 1 saturated heterocycles. The smallest absolute Gasteiger partial charge is 0.150 e. The standard InChI is InChI=1S/C10H9ClO3/c11-9-3-7(4-12)1-2-10(9)14-8-5-13-6-8/h1-4,8H,5-6H2. The van der Waals surface area contributed by atoms with Gasteiger partial charge < -0.3 is 9.47 Å². The SMILES string of the molecule is O=Cc1ccc(OC2COC2)c(Cl)c1. The van der Waals surface area contributed by atoms with Crippen molar-refractivity contribution in [3.63, 3.8) is 0 Å². The quantitative estimate of drug-likeness (QED) is 0.719. The number of carbonyl (C=O) groups is 1. The zero-order valence-electron chi connectivity index (χ0n) is 7.40. The summed E-state index contributed by atoms with van der Waals surface area (Å²) in [5, 5.41) is 0.460. The summed E-state index contributed by atoms with van der Waals surface area (Å²) in [6, 6.07) is 4.96. The molecule has 1 aliphatic rings. The minimum Gasteiger partial charge on any atom is -0.484 e. The molecule has 0 aromatic heterocycles. The van der Waals surface area contributed by atoms with E-state index in [1.165, 1.54) is 0 Å². The minimum atomic E-state index is 0.0922. The summed E-state index contributed by atoms with van der Waals surface area (Å²) < 4.78 is 10.5. The van der Waals surface area contributed by atoms with Crippen LogP contribution in [0.1, 0.15) is 10.4 Å². The average Bonchev–Trinajstić information content (AvgIpc) is 2.13. The number of aldehydes is 1. The number of hydrogen-bond donors (Lipinski definition) is 0. The van der Waals surface area contributed by atoms with E-state index in [0.717, 1.165) is 6.29 Å². The van der Waals surface area contributed by atoms with Gasteiger partial charge in [-0.1, -0.05) is 11.6 Å². The first-order chi connectivity index (χ1) is 6.79. The fourth-order valence-electron chi connectivity index (χ4n) is 1.15. The normalized spacial score (nSPS) is 16.1. The van der Waals surface area contributed by atoms with E-state index in [-0.39, 0.29) is 6.10 Å². The highest BCUT2D eigenvalue weighted by atomic mass is 35.5. The lowest BCUT2D eigenvalue weighted by molar-refractivity contribution is -0.0796. The molecule has 0 N–H and O–H groups in total. The van der Waals surface area contributed by atoms with E-state index < -0.39 is 0 Å². The molecule has 0 spiro atoms. The molecular weight excluding hydrogens is 204 g/mol. The van der Waals surface area contributed by atoms with Crippen molar-refractivity contribution in [3.8, 4) is 5.75 Å². The molecule has 0 atom stereocenters. The highest BCUT2D eigenvalue weighted by Gasteiger charge is 2.20. The Bertz CT molecular complexity index is 347. The van der Waals surface area contributed by atoms with E-state index >= 15 is 0 Å². The van der Waals surface area contributed by atoms with Crippen LogP contribution in [0.2, 0.25) is 5.02 Å². The van der Waals surface area contributed by atoms with Gasteiger partial charge in [-0.05, 0) is 18.2 Å². The molecule has 4 heteroatoms. The van der Waals surface area contributed by atoms with Gasteiger partial charge in [-0.2, -0.15) is 0 Å². The van der Waals surface area contributed by atoms with Crippen LogP contribution < -0.4 is 4.74 Å². The Balaban J connectivity index is 2.12. The predicted molar refractivity (Wildman–Crippen MR) is 52.1 cm³/mol. The Kier molecular flexibility index (Phi) is 2.70. The maximum absolute atomic E-state index is 10.4. The lowest BCUT2D eigenvalue weighted by Crippen LogP contribution is -2.38. The van der Waals surface area contributed by atoms with Gasteiger partial charge in [0.1, 0.15) is 18.1 Å². The van der Waals surface area contributed by atoms with Crippen molar-refractivity contribution in [2.24, 2.45) is 0 Å². The van der Waals surface area contributed by atoms with Crippen molar-refractivity contribution in [3.05, 3.63) is 28.8 Å². The Morgan fingerprint density at radius 2 is 2.29 bits per heavy atom. The van der Waals surface area contributed by atoms with Crippen molar-refractivity contribution >= 4 is 17.9 Å². The number of carbonyl (C=O) groups excluding carboxylic acids is 1. The van der Waals surface area contributed by atoms with Gasteiger partial charge in [-0.25, -0.2) is 0 Å². The van der Waals surface area contributed by atoms with E-state index in [4.69, 9.17) is 21.1 Å². The van der Waals surface area contributed by atoms with E-state index in [1.807, 2.05) is 0 Å². The fourth-order valence-corrected chi connectivity index (χ4v) is 1.38. The van der Waals surface area contributed by atoms with Crippen LogP contribution in [0.5, 0.6) is 5.75 Å². The van der Waals surface area contributed by atoms with E-state index in [0.29, 0.717) is 29.5 Å². The molecule has 1 aromatic carbocycles. The van der Waals surface area contributed by atoms with Crippen molar-refractivity contribution < 1.29 is 14.3 Å². The zero-order valence-corrected chi connectivity index (χ0v) is 8.16. The third-order valence-electron chi connectivity index (χ3n) is 1.99. The topological polar surface area (TPSA) is 35.5 Å². The molecule has 3 nitrogen and oxygen atoms in total. The first-order valence-electron chi connectivity index (χ1n) is 4.29. The van der Waals surface area contributed by atoms with Crippen LogP contribution in [0.4, 0.5) is 0 Å². The summed E-state index contributed by atoms with van der Waals surface area (Å²) in [7, 11) is 0. The van der Waals surface area contributed by atoms with Gasteiger partial charge in [-0.15, -0.1) is 0 Å². The number of benzene rings is 1. The molecule has 0 radical (unpaired) electrons. The van der Waals surface area contributed by atoms with Crippen molar-refractivity contribution in [2.45, 2.75) is 6.10 Å². The van der Waals surface area contributed by atoms with Gasteiger partial charge in [-0.3, -0.25) is 4.79 Å². The summed E-state index contributed by atoms with van der Waals surface area (Å²) in [5.41, 5.74) is 0.548. The molecule has 1 aliphatic heterocycles. The number of rotatable bonds is 3. The molecule has 14 heavy (non-hydrogen) atoms. The summed E-state index contributed by atoms with van der Waals surface area (Å²) in [5.74, 6) is 0.602. The molecule has 1 heterocycles. The van der Waals surface area contributed by atoms with Gasteiger partial charge in [0.25, 0.3) is 0 Å². The second-order valence-corrected chi connectivity index (χ2v) is 3.49. The van der Waals surface area contributed by atoms with Crippen molar-refractivity contribution in [1.82, 2.24) is 0 Å². The lowest BCUT2D eigenvalue weighted by atomic mass is 10.2. The summed E-state index contributed by atoms with van der Waals surface area (Å²) in [6.07, 6.45) is 0.844. The summed E-state index contributed by atoms with van der Waals surface area (Å²) >= 11 is 5.91. The molecule has 0 bridgehead atoms. The maximum Gasteiger partial charge on any atom is 0.150 e. The van der Waals surface area contributed by atoms with E-state index in [2.05, 4.69) is 0 Å².